The van der Waals surface area contributed by atoms with E-state index in [-0.39, 0.29) is 17.8 Å². The average molecular weight is 388 g/mol. The molecular formula is C18H18ClN5O3. The Labute approximate surface area is 160 Å². The minimum atomic E-state index is -0.435. The normalized spacial score (nSPS) is 10.8. The number of hydrogen-bond acceptors (Lipinski definition) is 5. The van der Waals surface area contributed by atoms with Gasteiger partial charge < -0.3 is 10.1 Å². The van der Waals surface area contributed by atoms with Crippen LogP contribution in [-0.4, -0.2) is 39.2 Å². The molecule has 0 unspecified atom stereocenters. The summed E-state index contributed by atoms with van der Waals surface area (Å²) in [5.41, 5.74) is 1.88. The van der Waals surface area contributed by atoms with Crippen LogP contribution >= 0.6 is 11.6 Å². The summed E-state index contributed by atoms with van der Waals surface area (Å²) in [7, 11) is 1.53. The fourth-order valence-electron chi connectivity index (χ4n) is 2.49. The molecule has 9 heteroatoms. The summed E-state index contributed by atoms with van der Waals surface area (Å²) in [4.78, 5) is 24.3. The third-order valence-electron chi connectivity index (χ3n) is 3.92. The molecule has 0 bridgehead atoms. The standard InChI is InChI=1S/C18H18ClN5O3/c1-12-16(11-20-24(12)14-5-3-4-13(19)10-14)21-18(26)15-6-7-17(25)23(22-15)8-9-27-2/h3-7,10-11H,8-9H2,1-2H3,(H,21,26). The lowest BCUT2D eigenvalue weighted by atomic mass is 10.3. The van der Waals surface area contributed by atoms with E-state index in [9.17, 15) is 9.59 Å². The lowest BCUT2D eigenvalue weighted by molar-refractivity contribution is 0.101. The number of halogens is 1. The summed E-state index contributed by atoms with van der Waals surface area (Å²) in [6.07, 6.45) is 1.55. The number of aromatic nitrogens is 4. The summed E-state index contributed by atoms with van der Waals surface area (Å²) >= 11 is 6.03. The number of ether oxygens (including phenoxy) is 1. The van der Waals surface area contributed by atoms with Crippen molar-refractivity contribution in [1.82, 2.24) is 19.6 Å². The first-order chi connectivity index (χ1) is 13.0. The molecule has 0 atom stereocenters. The molecule has 3 rings (SSSR count). The van der Waals surface area contributed by atoms with E-state index in [0.717, 1.165) is 11.4 Å². The van der Waals surface area contributed by atoms with Crippen molar-refractivity contribution in [2.45, 2.75) is 13.5 Å². The van der Waals surface area contributed by atoms with Crippen molar-refractivity contribution in [2.75, 3.05) is 19.0 Å². The first-order valence-electron chi connectivity index (χ1n) is 8.18. The molecule has 0 fully saturated rings. The molecule has 0 spiro atoms. The number of anilines is 1. The molecule has 0 saturated heterocycles. The minimum absolute atomic E-state index is 0.126. The van der Waals surface area contributed by atoms with Gasteiger partial charge in [0.25, 0.3) is 11.5 Å². The second kappa shape index (κ2) is 8.15. The van der Waals surface area contributed by atoms with Crippen LogP contribution in [0.15, 0.2) is 47.4 Å². The third-order valence-corrected chi connectivity index (χ3v) is 4.15. The number of hydrogen-bond donors (Lipinski definition) is 1. The summed E-state index contributed by atoms with van der Waals surface area (Å²) in [5.74, 6) is -0.435. The van der Waals surface area contributed by atoms with Crippen LogP contribution < -0.4 is 10.9 Å². The first kappa shape index (κ1) is 18.8. The number of rotatable bonds is 6. The molecule has 2 aromatic heterocycles. The number of carbonyl (C=O) groups is 1. The molecule has 27 heavy (non-hydrogen) atoms. The van der Waals surface area contributed by atoms with Gasteiger partial charge in [-0.25, -0.2) is 9.36 Å². The number of benzene rings is 1. The summed E-state index contributed by atoms with van der Waals surface area (Å²) in [6.45, 7) is 2.42. The van der Waals surface area contributed by atoms with Crippen LogP contribution in [0.2, 0.25) is 5.02 Å². The zero-order valence-corrected chi connectivity index (χ0v) is 15.6. The maximum absolute atomic E-state index is 12.5. The van der Waals surface area contributed by atoms with Crippen molar-refractivity contribution < 1.29 is 9.53 Å². The highest BCUT2D eigenvalue weighted by atomic mass is 35.5. The Morgan fingerprint density at radius 3 is 2.85 bits per heavy atom. The van der Waals surface area contributed by atoms with E-state index in [1.165, 1.54) is 23.9 Å². The lowest BCUT2D eigenvalue weighted by Gasteiger charge is -2.08. The van der Waals surface area contributed by atoms with Crippen molar-refractivity contribution in [2.24, 2.45) is 0 Å². The van der Waals surface area contributed by atoms with Crippen molar-refractivity contribution in [3.63, 3.8) is 0 Å². The summed E-state index contributed by atoms with van der Waals surface area (Å²) in [5, 5.41) is 11.7. The van der Waals surface area contributed by atoms with Gasteiger partial charge in [0.1, 0.15) is 5.69 Å². The second-order valence-corrected chi connectivity index (χ2v) is 6.20. The zero-order valence-electron chi connectivity index (χ0n) is 14.8. The van der Waals surface area contributed by atoms with E-state index < -0.39 is 5.91 Å². The van der Waals surface area contributed by atoms with Crippen molar-refractivity contribution >= 4 is 23.2 Å². The van der Waals surface area contributed by atoms with Crippen LogP contribution in [0.1, 0.15) is 16.2 Å². The smallest absolute Gasteiger partial charge is 0.276 e. The Morgan fingerprint density at radius 2 is 2.11 bits per heavy atom. The highest BCUT2D eigenvalue weighted by Crippen LogP contribution is 2.21. The maximum atomic E-state index is 12.5. The molecule has 0 aliphatic carbocycles. The molecule has 3 aromatic rings. The van der Waals surface area contributed by atoms with Gasteiger partial charge >= 0.3 is 0 Å². The van der Waals surface area contributed by atoms with E-state index in [1.54, 1.807) is 23.0 Å². The fourth-order valence-corrected chi connectivity index (χ4v) is 2.68. The predicted molar refractivity (Wildman–Crippen MR) is 102 cm³/mol. The number of nitrogens with zero attached hydrogens (tertiary/aromatic N) is 4. The highest BCUT2D eigenvalue weighted by Gasteiger charge is 2.14. The van der Waals surface area contributed by atoms with E-state index in [1.807, 2.05) is 19.1 Å². The van der Waals surface area contributed by atoms with Crippen molar-refractivity contribution in [3.05, 3.63) is 69.4 Å². The molecule has 1 N–H and O–H groups in total. The Kier molecular flexibility index (Phi) is 5.68. The van der Waals surface area contributed by atoms with Crippen molar-refractivity contribution in [3.8, 4) is 5.69 Å². The molecule has 8 nitrogen and oxygen atoms in total. The number of methoxy groups -OCH3 is 1. The fraction of sp³-hybridized carbons (Fsp3) is 0.222. The molecule has 1 aromatic carbocycles. The van der Waals surface area contributed by atoms with Gasteiger partial charge in [-0.15, -0.1) is 0 Å². The summed E-state index contributed by atoms with van der Waals surface area (Å²) in [6, 6.07) is 9.93. The van der Waals surface area contributed by atoms with Gasteiger partial charge in [-0.05, 0) is 31.2 Å². The zero-order chi connectivity index (χ0) is 19.4. The van der Waals surface area contributed by atoms with E-state index >= 15 is 0 Å². The lowest BCUT2D eigenvalue weighted by Crippen LogP contribution is -2.27. The van der Waals surface area contributed by atoms with Gasteiger partial charge in [-0.1, -0.05) is 17.7 Å². The van der Waals surface area contributed by atoms with Crippen LogP contribution in [0.25, 0.3) is 5.69 Å². The first-order valence-corrected chi connectivity index (χ1v) is 8.56. The summed E-state index contributed by atoms with van der Waals surface area (Å²) < 4.78 is 7.82. The number of amides is 1. The molecule has 1 amide bonds. The van der Waals surface area contributed by atoms with Gasteiger partial charge in [0, 0.05) is 18.2 Å². The van der Waals surface area contributed by atoms with Gasteiger partial charge in [0.15, 0.2) is 0 Å². The van der Waals surface area contributed by atoms with E-state index in [4.69, 9.17) is 16.3 Å². The quantitative estimate of drug-likeness (QED) is 0.700. The Balaban J connectivity index is 1.82. The molecule has 0 aliphatic rings. The molecular weight excluding hydrogens is 370 g/mol. The van der Waals surface area contributed by atoms with E-state index in [0.29, 0.717) is 17.3 Å². The molecule has 140 valence electrons. The Morgan fingerprint density at radius 1 is 1.30 bits per heavy atom. The largest absolute Gasteiger partial charge is 0.383 e. The minimum Gasteiger partial charge on any atom is -0.383 e. The molecule has 2 heterocycles. The van der Waals surface area contributed by atoms with E-state index in [2.05, 4.69) is 15.5 Å². The van der Waals surface area contributed by atoms with Gasteiger partial charge in [-0.3, -0.25) is 9.59 Å². The van der Waals surface area contributed by atoms with Crippen molar-refractivity contribution in [1.29, 1.82) is 0 Å². The maximum Gasteiger partial charge on any atom is 0.276 e. The highest BCUT2D eigenvalue weighted by molar-refractivity contribution is 6.30. The van der Waals surface area contributed by atoms with Crippen LogP contribution in [0.3, 0.4) is 0 Å². The monoisotopic (exact) mass is 387 g/mol. The average Bonchev–Trinajstić information content (AvgIpc) is 3.01. The van der Waals surface area contributed by atoms with Crippen LogP contribution in [-0.2, 0) is 11.3 Å². The van der Waals surface area contributed by atoms with Crippen LogP contribution in [0.5, 0.6) is 0 Å². The molecule has 0 aliphatic heterocycles. The van der Waals surface area contributed by atoms with Gasteiger partial charge in [-0.2, -0.15) is 10.2 Å². The topological polar surface area (TPSA) is 91.0 Å². The van der Waals surface area contributed by atoms with Gasteiger partial charge in [0.05, 0.1) is 36.4 Å². The second-order valence-electron chi connectivity index (χ2n) is 5.76. The number of carbonyl (C=O) groups excluding carboxylic acids is 1. The SMILES string of the molecule is COCCn1nc(C(=O)Nc2cnn(-c3cccc(Cl)c3)c2C)ccc1=O. The van der Waals surface area contributed by atoms with Crippen LogP contribution in [0.4, 0.5) is 5.69 Å². The predicted octanol–water partition coefficient (Wildman–Crippen LogP) is 2.29. The Bertz CT molecular complexity index is 1030. The third kappa shape index (κ3) is 4.24. The van der Waals surface area contributed by atoms with Gasteiger partial charge in [0.2, 0.25) is 0 Å². The molecule has 0 saturated carbocycles. The Hall–Kier alpha value is -2.97. The van der Waals surface area contributed by atoms with Crippen LogP contribution in [0, 0.1) is 6.92 Å². The number of nitrogens with one attached hydrogen (secondary N) is 1. The molecule has 0 radical (unpaired) electrons.